The molecule has 6 rings (SSSR count). The van der Waals surface area contributed by atoms with Gasteiger partial charge < -0.3 is 19.3 Å². The average molecular weight is 656 g/mol. The van der Waals surface area contributed by atoms with Gasteiger partial charge in [-0.3, -0.25) is 4.79 Å². The minimum Gasteiger partial charge on any atom is -0.512 e. The summed E-state index contributed by atoms with van der Waals surface area (Å²) < 4.78 is 2.40. The Balaban J connectivity index is 0.000000338. The van der Waals surface area contributed by atoms with Gasteiger partial charge in [0.15, 0.2) is 5.78 Å². The van der Waals surface area contributed by atoms with Gasteiger partial charge in [0.05, 0.1) is 5.76 Å². The molecule has 0 bridgehead atoms. The maximum atomic E-state index is 10.0. The van der Waals surface area contributed by atoms with Crippen LogP contribution in [-0.4, -0.2) is 26.7 Å². The number of aliphatic hydroxyl groups is 1. The van der Waals surface area contributed by atoms with Gasteiger partial charge in [0.2, 0.25) is 0 Å². The summed E-state index contributed by atoms with van der Waals surface area (Å²) in [6.45, 7) is 8.32. The van der Waals surface area contributed by atoms with Crippen LogP contribution in [0.3, 0.4) is 0 Å². The molecule has 1 radical (unpaired) electrons. The molecule has 0 aliphatic carbocycles. The summed E-state index contributed by atoms with van der Waals surface area (Å²) in [6.07, 6.45) is 7.87. The molecule has 36 heavy (non-hydrogen) atoms. The second-order valence-electron chi connectivity index (χ2n) is 8.97. The number of carbonyl (C=O) groups is 1. The Morgan fingerprint density at radius 1 is 1.00 bits per heavy atom. The van der Waals surface area contributed by atoms with Crippen molar-refractivity contribution in [1.29, 1.82) is 0 Å². The predicted molar refractivity (Wildman–Crippen MR) is 145 cm³/mol. The summed E-state index contributed by atoms with van der Waals surface area (Å²) in [6, 6.07) is 23.4. The fourth-order valence-electron chi connectivity index (χ4n) is 4.79. The number of anilines is 1. The zero-order chi connectivity index (χ0) is 24.5. The molecule has 3 aromatic carbocycles. The van der Waals surface area contributed by atoms with Gasteiger partial charge in [-0.15, -0.1) is 17.5 Å². The maximum Gasteiger partial charge on any atom is 0.155 e. The Bertz CT molecular complexity index is 1500. The van der Waals surface area contributed by atoms with Crippen molar-refractivity contribution in [3.8, 4) is 0 Å². The third-order valence-corrected chi connectivity index (χ3v) is 6.25. The van der Waals surface area contributed by atoms with Crippen LogP contribution in [0.15, 0.2) is 78.8 Å². The SMILES string of the molecule is CC(=O)/C=C(/C)O.CCCCN1C=CN(c2[c-]c3c4ccccc4n4c5ccccc5c(c2)c34)[CH-]1.[Ir]. The Kier molecular flexibility index (Phi) is 7.67. The van der Waals surface area contributed by atoms with Crippen LogP contribution in [0.4, 0.5) is 5.69 Å². The zero-order valence-electron chi connectivity index (χ0n) is 20.7. The van der Waals surface area contributed by atoms with Crippen LogP contribution >= 0.6 is 0 Å². The van der Waals surface area contributed by atoms with Crippen molar-refractivity contribution < 1.29 is 30.0 Å². The van der Waals surface area contributed by atoms with Crippen LogP contribution < -0.4 is 4.90 Å². The topological polar surface area (TPSA) is 48.2 Å². The van der Waals surface area contributed by atoms with Gasteiger partial charge in [-0.25, -0.2) is 0 Å². The number of ketones is 1. The van der Waals surface area contributed by atoms with Crippen molar-refractivity contribution in [2.24, 2.45) is 0 Å². The Labute approximate surface area is 225 Å². The summed E-state index contributed by atoms with van der Waals surface area (Å²) >= 11 is 0. The number of hydrogen-bond donors (Lipinski definition) is 1. The number of aromatic nitrogens is 1. The van der Waals surface area contributed by atoms with Crippen molar-refractivity contribution in [2.45, 2.75) is 33.6 Å². The van der Waals surface area contributed by atoms with Crippen molar-refractivity contribution in [3.05, 3.63) is 91.6 Å². The molecule has 1 aliphatic rings. The van der Waals surface area contributed by atoms with Gasteiger partial charge in [0, 0.05) is 37.2 Å². The normalized spacial score (nSPS) is 13.6. The number of para-hydroxylation sites is 2. The predicted octanol–water partition coefficient (Wildman–Crippen LogP) is 7.18. The van der Waals surface area contributed by atoms with Gasteiger partial charge in [0.1, 0.15) is 0 Å². The molecule has 5 aromatic rings. The zero-order valence-corrected chi connectivity index (χ0v) is 23.1. The van der Waals surface area contributed by atoms with Crippen LogP contribution in [0.1, 0.15) is 33.6 Å². The first kappa shape index (κ1) is 25.7. The van der Waals surface area contributed by atoms with E-state index in [1.165, 1.54) is 70.9 Å². The molecule has 187 valence electrons. The molecule has 0 unspecified atom stereocenters. The maximum absolute atomic E-state index is 10.0. The van der Waals surface area contributed by atoms with E-state index in [2.05, 4.69) is 101 Å². The first-order chi connectivity index (χ1) is 17.0. The molecule has 0 fully saturated rings. The number of unbranched alkanes of at least 4 members (excludes halogenated alkanes) is 1. The third kappa shape index (κ3) is 4.71. The average Bonchev–Trinajstić information content (AvgIpc) is 3.53. The number of nitrogens with zero attached hydrogens (tertiary/aromatic N) is 3. The number of hydrogen-bond acceptors (Lipinski definition) is 4. The van der Waals surface area contributed by atoms with E-state index in [0.29, 0.717) is 0 Å². The summed E-state index contributed by atoms with van der Waals surface area (Å²) in [7, 11) is 0. The summed E-state index contributed by atoms with van der Waals surface area (Å²) in [5.74, 6) is -0.0625. The standard InChI is InChI=1S/C25H21N3.C5H8O2.Ir/c1-2-3-12-26-13-14-27(17-26)18-15-21-19-8-4-6-10-23(19)28-24-11-7-5-9-20(24)22(16-18)25(21)28;1-4(6)3-5(2)7;/h4-11,13-15,17H,2-3,12H2,1H3;3,6H,1-2H3;/q-2;;/b;4-3-;. The summed E-state index contributed by atoms with van der Waals surface area (Å²) in [5, 5.41) is 13.4. The molecule has 6 heteroatoms. The molecular weight excluding hydrogens is 627 g/mol. The second-order valence-corrected chi connectivity index (χ2v) is 8.97. The molecular formula is C30H29IrN3O2-2. The molecule has 0 saturated carbocycles. The molecule has 3 heterocycles. The van der Waals surface area contributed by atoms with Crippen molar-refractivity contribution in [3.63, 3.8) is 0 Å². The third-order valence-electron chi connectivity index (χ3n) is 6.25. The number of rotatable bonds is 5. The fraction of sp³-hybridized carbons (Fsp3) is 0.200. The summed E-state index contributed by atoms with van der Waals surface area (Å²) in [4.78, 5) is 14.5. The first-order valence-corrected chi connectivity index (χ1v) is 12.0. The van der Waals surface area contributed by atoms with E-state index < -0.39 is 0 Å². The van der Waals surface area contributed by atoms with Crippen molar-refractivity contribution in [1.82, 2.24) is 9.30 Å². The Morgan fingerprint density at radius 2 is 1.67 bits per heavy atom. The number of fused-ring (bicyclic) bond motifs is 6. The van der Waals surface area contributed by atoms with E-state index in [9.17, 15) is 4.79 Å². The quantitative estimate of drug-likeness (QED) is 0.124. The van der Waals surface area contributed by atoms with Gasteiger partial charge in [-0.2, -0.15) is 6.67 Å². The second kappa shape index (κ2) is 10.7. The summed E-state index contributed by atoms with van der Waals surface area (Å²) in [5.41, 5.74) is 4.89. The minimum atomic E-state index is -0.125. The molecule has 0 amide bonds. The van der Waals surface area contributed by atoms with Crippen LogP contribution in [-0.2, 0) is 24.9 Å². The molecule has 2 aromatic heterocycles. The molecule has 5 nitrogen and oxygen atoms in total. The Morgan fingerprint density at radius 3 is 2.31 bits per heavy atom. The van der Waals surface area contributed by atoms with Crippen LogP contribution in [0.2, 0.25) is 0 Å². The van der Waals surface area contributed by atoms with Gasteiger partial charge in [-0.05, 0) is 62.2 Å². The van der Waals surface area contributed by atoms with E-state index in [1.54, 1.807) is 0 Å². The van der Waals surface area contributed by atoms with E-state index in [0.717, 1.165) is 12.2 Å². The molecule has 0 spiro atoms. The van der Waals surface area contributed by atoms with E-state index in [4.69, 9.17) is 5.11 Å². The minimum absolute atomic E-state index is 0. The van der Waals surface area contributed by atoms with Crippen LogP contribution in [0, 0.1) is 12.7 Å². The van der Waals surface area contributed by atoms with E-state index in [-0.39, 0.29) is 31.6 Å². The fourth-order valence-corrected chi connectivity index (χ4v) is 4.79. The van der Waals surface area contributed by atoms with Gasteiger partial charge >= 0.3 is 0 Å². The van der Waals surface area contributed by atoms with E-state index in [1.807, 2.05) is 0 Å². The molecule has 1 N–H and O–H groups in total. The Hall–Kier alpha value is -3.34. The van der Waals surface area contributed by atoms with Crippen molar-refractivity contribution in [2.75, 3.05) is 11.4 Å². The molecule has 0 atom stereocenters. The first-order valence-electron chi connectivity index (χ1n) is 12.0. The molecule has 0 saturated heterocycles. The number of aliphatic hydroxyl groups excluding tert-OH is 1. The van der Waals surface area contributed by atoms with E-state index >= 15 is 0 Å². The van der Waals surface area contributed by atoms with Crippen LogP contribution in [0.25, 0.3) is 38.1 Å². The van der Waals surface area contributed by atoms with Gasteiger partial charge in [0.25, 0.3) is 0 Å². The monoisotopic (exact) mass is 656 g/mol. The number of carbonyl (C=O) groups excluding carboxylic acids is 1. The van der Waals surface area contributed by atoms with Gasteiger partial charge in [-0.1, -0.05) is 66.2 Å². The van der Waals surface area contributed by atoms with Crippen molar-refractivity contribution >= 4 is 49.6 Å². The smallest absolute Gasteiger partial charge is 0.155 e. The molecule has 1 aliphatic heterocycles. The largest absolute Gasteiger partial charge is 0.512 e. The number of benzene rings is 3. The van der Waals surface area contributed by atoms with Crippen LogP contribution in [0.5, 0.6) is 0 Å². The number of allylic oxidation sites excluding steroid dienone is 2.